The fourth-order valence-electron chi connectivity index (χ4n) is 4.43. The number of alkyl halides is 4. The van der Waals surface area contributed by atoms with E-state index in [9.17, 15) is 47.9 Å². The molecule has 17 heteroatoms. The van der Waals surface area contributed by atoms with Crippen molar-refractivity contribution in [2.24, 2.45) is 0 Å². The molecule has 0 rings (SSSR count). The second-order valence-electron chi connectivity index (χ2n) is 12.9. The molecule has 0 radical (unpaired) electrons. The van der Waals surface area contributed by atoms with Crippen LogP contribution in [-0.4, -0.2) is 93.1 Å². The van der Waals surface area contributed by atoms with Crippen LogP contribution in [0.2, 0.25) is 0 Å². The lowest BCUT2D eigenvalue weighted by molar-refractivity contribution is -0.156. The van der Waals surface area contributed by atoms with Gasteiger partial charge < -0.3 is 14.2 Å². The maximum absolute atomic E-state index is 11.5. The molecule has 0 bridgehead atoms. The zero-order chi connectivity index (χ0) is 45.0. The van der Waals surface area contributed by atoms with Gasteiger partial charge in [-0.1, -0.05) is 63.7 Å². The topological polar surface area (TPSA) is 198 Å². The molecule has 58 heavy (non-hydrogen) atoms. The number of halogens is 4. The maximum atomic E-state index is 11.5. The standard InChI is InChI=1S/C15H24O6.2C11H18Br2O2.C4H6O3/c1-12(16)20-10-4-8-14(18)6-3-7-15(19)9-5-11-21-13(2)17;2*12-8-2-6-10(14)4-1-5-11(15)7-3-9-13;1-3(5)7-4(2)6/h3-11H2,1-2H3;2*1-9H2;1-2H3. The summed E-state index contributed by atoms with van der Waals surface area (Å²) in [7, 11) is 0. The highest BCUT2D eigenvalue weighted by Gasteiger charge is 2.08. The zero-order valence-electron chi connectivity index (χ0n) is 34.9. The van der Waals surface area contributed by atoms with Gasteiger partial charge in [0, 0.05) is 126 Å². The number of esters is 4. The van der Waals surface area contributed by atoms with Gasteiger partial charge in [0.1, 0.15) is 34.7 Å². The average molecular weight is 1090 g/mol. The summed E-state index contributed by atoms with van der Waals surface area (Å²) < 4.78 is 13.4. The van der Waals surface area contributed by atoms with E-state index in [2.05, 4.69) is 68.5 Å². The van der Waals surface area contributed by atoms with E-state index in [0.717, 1.165) is 59.8 Å². The Morgan fingerprint density at radius 2 is 0.483 bits per heavy atom. The molecule has 0 amide bonds. The molecule has 0 aromatic heterocycles. The average Bonchev–Trinajstić information content (AvgIpc) is 3.15. The van der Waals surface area contributed by atoms with Crippen LogP contribution in [0.3, 0.4) is 0 Å². The summed E-state index contributed by atoms with van der Waals surface area (Å²) in [5.74, 6) is -0.538. The van der Waals surface area contributed by atoms with Crippen LogP contribution in [0.15, 0.2) is 0 Å². The van der Waals surface area contributed by atoms with Crippen molar-refractivity contribution in [2.75, 3.05) is 34.5 Å². The summed E-state index contributed by atoms with van der Waals surface area (Å²) in [6.07, 6.45) is 12.9. The second kappa shape index (κ2) is 47.7. The molecule has 0 saturated carbocycles. The molecule has 13 nitrogen and oxygen atoms in total. The SMILES string of the molecule is CC(=O)OC(C)=O.CC(=O)OCCCC(=O)CCCC(=O)CCCOC(C)=O.O=C(CCCBr)CCCC(=O)CCCBr.O=C(CCCBr)CCCC(=O)CCCBr. The predicted molar refractivity (Wildman–Crippen MR) is 238 cm³/mol. The van der Waals surface area contributed by atoms with E-state index < -0.39 is 11.9 Å². The molecule has 0 unspecified atom stereocenters. The lowest BCUT2D eigenvalue weighted by atomic mass is 10.1. The van der Waals surface area contributed by atoms with Crippen LogP contribution in [-0.2, 0) is 62.2 Å². The maximum Gasteiger partial charge on any atom is 0.310 e. The van der Waals surface area contributed by atoms with Gasteiger partial charge in [0.25, 0.3) is 0 Å². The smallest absolute Gasteiger partial charge is 0.310 e. The summed E-state index contributed by atoms with van der Waals surface area (Å²) >= 11 is 13.1. The van der Waals surface area contributed by atoms with Crippen LogP contribution in [0.1, 0.15) is 163 Å². The summed E-state index contributed by atoms with van der Waals surface area (Å²) in [6.45, 7) is 5.54. The van der Waals surface area contributed by atoms with E-state index in [-0.39, 0.29) is 59.9 Å². The van der Waals surface area contributed by atoms with E-state index in [1.165, 1.54) is 27.7 Å². The Labute approximate surface area is 379 Å². The van der Waals surface area contributed by atoms with E-state index in [4.69, 9.17) is 9.47 Å². The van der Waals surface area contributed by atoms with Crippen molar-refractivity contribution >= 4 is 122 Å². The van der Waals surface area contributed by atoms with Crippen molar-refractivity contribution in [3.05, 3.63) is 0 Å². The van der Waals surface area contributed by atoms with Crippen molar-refractivity contribution in [1.29, 1.82) is 0 Å². The van der Waals surface area contributed by atoms with E-state index >= 15 is 0 Å². The monoisotopic (exact) mass is 1080 g/mol. The lowest BCUT2D eigenvalue weighted by Crippen LogP contribution is -2.06. The van der Waals surface area contributed by atoms with Crippen LogP contribution < -0.4 is 0 Å². The lowest BCUT2D eigenvalue weighted by Gasteiger charge is -2.03. The Bertz CT molecular complexity index is 1060. The number of hydrogen-bond acceptors (Lipinski definition) is 13. The van der Waals surface area contributed by atoms with Gasteiger partial charge >= 0.3 is 23.9 Å². The van der Waals surface area contributed by atoms with Crippen LogP contribution in [0.5, 0.6) is 0 Å². The third kappa shape index (κ3) is 60.7. The van der Waals surface area contributed by atoms with Gasteiger partial charge in [-0.15, -0.1) is 0 Å². The molecule has 0 N–H and O–H groups in total. The molecule has 0 spiro atoms. The van der Waals surface area contributed by atoms with Crippen LogP contribution in [0, 0.1) is 0 Å². The molecule has 0 aliphatic rings. The minimum Gasteiger partial charge on any atom is -0.466 e. The van der Waals surface area contributed by atoms with E-state index in [1.54, 1.807) is 0 Å². The molecule has 0 aromatic carbocycles. The molecule has 0 fully saturated rings. The first-order valence-corrected chi connectivity index (χ1v) is 24.2. The summed E-state index contributed by atoms with van der Waals surface area (Å²) in [4.78, 5) is 109. The highest BCUT2D eigenvalue weighted by molar-refractivity contribution is 9.09. The van der Waals surface area contributed by atoms with E-state index in [0.29, 0.717) is 96.3 Å². The first kappa shape index (κ1) is 62.7. The first-order valence-electron chi connectivity index (χ1n) is 19.7. The first-order chi connectivity index (χ1) is 27.4. The summed E-state index contributed by atoms with van der Waals surface area (Å²) in [6, 6.07) is 0. The van der Waals surface area contributed by atoms with Gasteiger partial charge in [0.2, 0.25) is 0 Å². The number of carbonyl (C=O) groups is 10. The van der Waals surface area contributed by atoms with Crippen molar-refractivity contribution in [2.45, 2.75) is 163 Å². The third-order valence-corrected chi connectivity index (χ3v) is 9.43. The number of rotatable bonds is 32. The van der Waals surface area contributed by atoms with Crippen molar-refractivity contribution in [3.63, 3.8) is 0 Å². The van der Waals surface area contributed by atoms with Crippen LogP contribution in [0.25, 0.3) is 0 Å². The summed E-state index contributed by atoms with van der Waals surface area (Å²) in [5.41, 5.74) is 0. The van der Waals surface area contributed by atoms with Gasteiger partial charge in [0.05, 0.1) is 13.2 Å². The molecule has 336 valence electrons. The Kier molecular flexibility index (Phi) is 51.5. The number of carbonyl (C=O) groups excluding carboxylic acids is 10. The van der Waals surface area contributed by atoms with Crippen LogP contribution >= 0.6 is 63.7 Å². The fraction of sp³-hybridized carbons (Fsp3) is 0.756. The Morgan fingerprint density at radius 3 is 0.638 bits per heavy atom. The predicted octanol–water partition coefficient (Wildman–Crippen LogP) is 9.37. The largest absolute Gasteiger partial charge is 0.466 e. The van der Waals surface area contributed by atoms with Gasteiger partial charge in [-0.2, -0.15) is 0 Å². The van der Waals surface area contributed by atoms with Crippen molar-refractivity contribution in [1.82, 2.24) is 0 Å². The van der Waals surface area contributed by atoms with E-state index in [1.807, 2.05) is 0 Å². The molecular formula is C41H66Br4O13. The quantitative estimate of drug-likeness (QED) is 0.0203. The molecule has 0 aromatic rings. The molecular weight excluding hydrogens is 1020 g/mol. The van der Waals surface area contributed by atoms with Crippen molar-refractivity contribution in [3.8, 4) is 0 Å². The van der Waals surface area contributed by atoms with Crippen molar-refractivity contribution < 1.29 is 62.2 Å². The minimum atomic E-state index is -0.562. The molecule has 0 atom stereocenters. The molecule has 0 aliphatic carbocycles. The fourth-order valence-corrected chi connectivity index (χ4v) is 5.55. The molecule has 0 aliphatic heterocycles. The number of Topliss-reactive ketones (excluding diaryl/α,β-unsaturated/α-hetero) is 6. The van der Waals surface area contributed by atoms with Gasteiger partial charge in [-0.05, 0) is 57.8 Å². The van der Waals surface area contributed by atoms with Gasteiger partial charge in [0.15, 0.2) is 0 Å². The Hall–Kier alpha value is -1.98. The second-order valence-corrected chi connectivity index (χ2v) is 16.1. The third-order valence-electron chi connectivity index (χ3n) is 7.19. The van der Waals surface area contributed by atoms with Gasteiger partial charge in [-0.25, -0.2) is 0 Å². The highest BCUT2D eigenvalue weighted by atomic mass is 79.9. The Balaban J connectivity index is -0.000000354. The van der Waals surface area contributed by atoms with Crippen LogP contribution in [0.4, 0.5) is 0 Å². The van der Waals surface area contributed by atoms with Gasteiger partial charge in [-0.3, -0.25) is 47.9 Å². The number of ketones is 6. The zero-order valence-corrected chi connectivity index (χ0v) is 41.3. The molecule has 0 heterocycles. The minimum absolute atomic E-state index is 0.0786. The number of ether oxygens (including phenoxy) is 3. The normalized spacial score (nSPS) is 9.86. The summed E-state index contributed by atoms with van der Waals surface area (Å²) in [5, 5.41) is 3.51. The highest BCUT2D eigenvalue weighted by Crippen LogP contribution is 2.09. The molecule has 0 saturated heterocycles. The Morgan fingerprint density at radius 1 is 0.293 bits per heavy atom. The number of hydrogen-bond donors (Lipinski definition) is 0.